The lowest BCUT2D eigenvalue weighted by Crippen LogP contribution is -2.10. The molecule has 0 bridgehead atoms. The number of rotatable bonds is 2. The van der Waals surface area contributed by atoms with Gasteiger partial charge >= 0.3 is 5.97 Å². The monoisotopic (exact) mass is 114 g/mol. The van der Waals surface area contributed by atoms with Crippen molar-refractivity contribution in [2.75, 3.05) is 0 Å². The van der Waals surface area contributed by atoms with Gasteiger partial charge in [0.05, 0.1) is 5.92 Å². The maximum Gasteiger partial charge on any atom is 0.306 e. The van der Waals surface area contributed by atoms with E-state index in [0.29, 0.717) is 5.92 Å². The summed E-state index contributed by atoms with van der Waals surface area (Å²) in [6.45, 7) is 1.78. The van der Waals surface area contributed by atoms with E-state index in [1.807, 2.05) is 0 Å². The van der Waals surface area contributed by atoms with Gasteiger partial charge in [-0.15, -0.1) is 0 Å². The molecular formula is C6H10O2. The molecule has 0 aromatic rings. The van der Waals surface area contributed by atoms with Gasteiger partial charge in [-0.3, -0.25) is 4.79 Å². The first-order chi connectivity index (χ1) is 3.72. The van der Waals surface area contributed by atoms with Crippen LogP contribution in [0.3, 0.4) is 0 Å². The van der Waals surface area contributed by atoms with Crippen LogP contribution in [0.1, 0.15) is 19.8 Å². The van der Waals surface area contributed by atoms with Crippen LogP contribution in [0.4, 0.5) is 0 Å². The van der Waals surface area contributed by atoms with Crippen molar-refractivity contribution in [3.05, 3.63) is 0 Å². The summed E-state index contributed by atoms with van der Waals surface area (Å²) < 4.78 is 0. The van der Waals surface area contributed by atoms with Crippen molar-refractivity contribution in [1.82, 2.24) is 0 Å². The van der Waals surface area contributed by atoms with Crippen molar-refractivity contribution < 1.29 is 9.90 Å². The fraction of sp³-hybridized carbons (Fsp3) is 0.833. The molecule has 0 spiro atoms. The van der Waals surface area contributed by atoms with E-state index in [-0.39, 0.29) is 5.92 Å². The first kappa shape index (κ1) is 5.60. The normalized spacial score (nSPS) is 22.6. The highest BCUT2D eigenvalue weighted by atomic mass is 16.4. The van der Waals surface area contributed by atoms with Crippen LogP contribution in [0, 0.1) is 11.8 Å². The second kappa shape index (κ2) is 1.77. The molecule has 2 heteroatoms. The SMILES string of the molecule is C[C@@H](C(=O)O)C1CC1. The molecule has 0 aromatic carbocycles. The Labute approximate surface area is 48.5 Å². The maximum absolute atomic E-state index is 10.2. The Morgan fingerprint density at radius 2 is 2.25 bits per heavy atom. The fourth-order valence-corrected chi connectivity index (χ4v) is 0.798. The minimum atomic E-state index is -0.646. The second-order valence-corrected chi connectivity index (χ2v) is 2.46. The Bertz CT molecular complexity index is 105. The number of aliphatic carboxylic acids is 1. The van der Waals surface area contributed by atoms with Crippen molar-refractivity contribution >= 4 is 5.97 Å². The van der Waals surface area contributed by atoms with Gasteiger partial charge in [0.1, 0.15) is 0 Å². The Hall–Kier alpha value is -0.530. The highest BCUT2D eigenvalue weighted by Crippen LogP contribution is 2.36. The highest BCUT2D eigenvalue weighted by molar-refractivity contribution is 5.70. The molecule has 0 aliphatic heterocycles. The molecule has 0 unspecified atom stereocenters. The van der Waals surface area contributed by atoms with E-state index in [9.17, 15) is 4.79 Å². The van der Waals surface area contributed by atoms with E-state index in [1.54, 1.807) is 6.92 Å². The molecule has 1 saturated carbocycles. The van der Waals surface area contributed by atoms with E-state index in [0.717, 1.165) is 12.8 Å². The van der Waals surface area contributed by atoms with Gasteiger partial charge < -0.3 is 5.11 Å². The number of carbonyl (C=O) groups is 1. The van der Waals surface area contributed by atoms with Gasteiger partial charge in [0, 0.05) is 0 Å². The second-order valence-electron chi connectivity index (χ2n) is 2.46. The zero-order valence-corrected chi connectivity index (χ0v) is 4.92. The third-order valence-corrected chi connectivity index (χ3v) is 1.72. The lowest BCUT2D eigenvalue weighted by molar-refractivity contribution is -0.141. The third kappa shape index (κ3) is 0.997. The van der Waals surface area contributed by atoms with E-state index in [1.165, 1.54) is 0 Å². The number of hydrogen-bond donors (Lipinski definition) is 1. The molecule has 2 nitrogen and oxygen atoms in total. The molecule has 0 amide bonds. The van der Waals surface area contributed by atoms with Crippen LogP contribution >= 0.6 is 0 Å². The molecule has 46 valence electrons. The van der Waals surface area contributed by atoms with E-state index in [2.05, 4.69) is 0 Å². The summed E-state index contributed by atoms with van der Waals surface area (Å²) in [7, 11) is 0. The molecule has 0 aromatic heterocycles. The summed E-state index contributed by atoms with van der Waals surface area (Å²) >= 11 is 0. The van der Waals surface area contributed by atoms with E-state index in [4.69, 9.17) is 5.11 Å². The zero-order chi connectivity index (χ0) is 6.15. The van der Waals surface area contributed by atoms with Crippen molar-refractivity contribution in [1.29, 1.82) is 0 Å². The van der Waals surface area contributed by atoms with Crippen LogP contribution in [-0.4, -0.2) is 11.1 Å². The van der Waals surface area contributed by atoms with E-state index >= 15 is 0 Å². The molecule has 1 rings (SSSR count). The quantitative estimate of drug-likeness (QED) is 0.584. The topological polar surface area (TPSA) is 37.3 Å². The molecule has 1 N–H and O–H groups in total. The summed E-state index contributed by atoms with van der Waals surface area (Å²) in [5, 5.41) is 8.39. The van der Waals surface area contributed by atoms with Crippen LogP contribution < -0.4 is 0 Å². The molecule has 1 aliphatic rings. The van der Waals surface area contributed by atoms with Gasteiger partial charge in [0.2, 0.25) is 0 Å². The van der Waals surface area contributed by atoms with Crippen molar-refractivity contribution in [3.63, 3.8) is 0 Å². The molecule has 0 radical (unpaired) electrons. The minimum Gasteiger partial charge on any atom is -0.481 e. The predicted molar refractivity (Wildman–Crippen MR) is 29.5 cm³/mol. The maximum atomic E-state index is 10.2. The molecule has 1 atom stereocenters. The number of carboxylic acid groups (broad SMARTS) is 1. The Morgan fingerprint density at radius 1 is 1.75 bits per heavy atom. The summed E-state index contributed by atoms with van der Waals surface area (Å²) in [6, 6.07) is 0. The molecule has 0 heterocycles. The van der Waals surface area contributed by atoms with Crippen LogP contribution in [0.5, 0.6) is 0 Å². The molecule has 1 aliphatic carbocycles. The van der Waals surface area contributed by atoms with Crippen molar-refractivity contribution in [2.24, 2.45) is 11.8 Å². The third-order valence-electron chi connectivity index (χ3n) is 1.72. The average Bonchev–Trinajstić information content (AvgIpc) is 2.43. The highest BCUT2D eigenvalue weighted by Gasteiger charge is 2.32. The lowest BCUT2D eigenvalue weighted by atomic mass is 10.1. The van der Waals surface area contributed by atoms with E-state index < -0.39 is 5.97 Å². The van der Waals surface area contributed by atoms with Crippen molar-refractivity contribution in [2.45, 2.75) is 19.8 Å². The molecule has 8 heavy (non-hydrogen) atoms. The summed E-state index contributed by atoms with van der Waals surface area (Å²) in [5.74, 6) is -0.255. The molecular weight excluding hydrogens is 104 g/mol. The van der Waals surface area contributed by atoms with Gasteiger partial charge in [-0.25, -0.2) is 0 Å². The van der Waals surface area contributed by atoms with Gasteiger partial charge in [-0.2, -0.15) is 0 Å². The predicted octanol–water partition coefficient (Wildman–Crippen LogP) is 1.12. The van der Waals surface area contributed by atoms with Gasteiger partial charge in [-0.1, -0.05) is 6.92 Å². The molecule has 1 fully saturated rings. The first-order valence-corrected chi connectivity index (χ1v) is 2.94. The van der Waals surface area contributed by atoms with Crippen LogP contribution in [-0.2, 0) is 4.79 Å². The van der Waals surface area contributed by atoms with Crippen LogP contribution in [0.25, 0.3) is 0 Å². The lowest BCUT2D eigenvalue weighted by Gasteiger charge is -1.99. The zero-order valence-electron chi connectivity index (χ0n) is 4.92. The van der Waals surface area contributed by atoms with Gasteiger partial charge in [-0.05, 0) is 18.8 Å². The Morgan fingerprint density at radius 3 is 2.38 bits per heavy atom. The van der Waals surface area contributed by atoms with Crippen LogP contribution in [0.15, 0.2) is 0 Å². The summed E-state index contributed by atoms with van der Waals surface area (Å²) in [4.78, 5) is 10.2. The largest absolute Gasteiger partial charge is 0.481 e. The Kier molecular flexibility index (Phi) is 1.24. The standard InChI is InChI=1S/C6H10O2/c1-4(6(7)8)5-2-3-5/h4-5H,2-3H2,1H3,(H,7,8)/t4-/m1/s1. The average molecular weight is 114 g/mol. The fourth-order valence-electron chi connectivity index (χ4n) is 0.798. The number of hydrogen-bond acceptors (Lipinski definition) is 1. The summed E-state index contributed by atoms with van der Waals surface area (Å²) in [5.41, 5.74) is 0. The van der Waals surface area contributed by atoms with Gasteiger partial charge in [0.25, 0.3) is 0 Å². The Balaban J connectivity index is 2.32. The summed E-state index contributed by atoms with van der Waals surface area (Å²) in [6.07, 6.45) is 2.24. The van der Waals surface area contributed by atoms with Gasteiger partial charge in [0.15, 0.2) is 0 Å². The number of carboxylic acids is 1. The minimum absolute atomic E-state index is 0.102. The van der Waals surface area contributed by atoms with Crippen molar-refractivity contribution in [3.8, 4) is 0 Å². The smallest absolute Gasteiger partial charge is 0.306 e. The molecule has 0 saturated heterocycles. The first-order valence-electron chi connectivity index (χ1n) is 2.94. The van der Waals surface area contributed by atoms with Crippen LogP contribution in [0.2, 0.25) is 0 Å².